The largest absolute Gasteiger partial charge is 1.00 e. The Hall–Kier alpha value is -2.22. The maximum Gasteiger partial charge on any atom is -1.00 e. The van der Waals surface area contributed by atoms with Crippen molar-refractivity contribution in [3.63, 3.8) is 0 Å². The zero-order valence-corrected chi connectivity index (χ0v) is 40.1. The van der Waals surface area contributed by atoms with Gasteiger partial charge in [-0.1, -0.05) is 120 Å². The standard InChI is InChI=1S/C27H29.C23H27.C2H6Si.2ClH.Zr/c1-2-18-13-23-4-3-5-25(26(23)14-18)22-6-8-24(9-7-22)27-15-19-10-20(16-27)12-21(11-19)17-27;1-6-16(2)19-14-18-8-7-9-21(22(18)15-19)17-10-12-20(13-11-17)23(3,4)5;1-3-2;;;/h3-9,13-14,19-21H,2,10-12,15-17H2,1H3;7-16H,6H2,1-5H3;1-2H3;2*1H;/q2*-1;;;;+2/p-2. The summed E-state index contributed by atoms with van der Waals surface area (Å²) in [5.74, 6) is 3.67. The van der Waals surface area contributed by atoms with Crippen LogP contribution in [0.5, 0.6) is 0 Å². The smallest absolute Gasteiger partial charge is 1.00 e. The monoisotopic (exact) mass is 874 g/mol. The topological polar surface area (TPSA) is 0 Å². The molecule has 4 heteroatoms. The first-order chi connectivity index (χ1) is 25.9. The van der Waals surface area contributed by atoms with Crippen molar-refractivity contribution in [1.29, 1.82) is 0 Å². The fraction of sp³-hybridized carbons (Fsp3) is 0.423. The van der Waals surface area contributed by atoms with Gasteiger partial charge in [0.15, 0.2) is 0 Å². The number of benzene rings is 4. The number of rotatable bonds is 6. The SMILES string of the molecule is CCC(C)c1cc2c(-c3ccc(C(C)(C)C)cc3)cccc2[cH-]1.CCc1cc2c(-c3ccc(C45CC6CC(CC(C6)C4)C5)cc3)cccc2[cH-]1.C[Si](C)=[Zr+2].[Cl-].[Cl-]. The molecule has 4 aliphatic rings. The third-order valence-corrected chi connectivity index (χ3v) is 13.1. The van der Waals surface area contributed by atoms with Crippen LogP contribution >= 0.6 is 0 Å². The molecule has 1 atom stereocenters. The number of hydrogen-bond acceptors (Lipinski definition) is 0. The van der Waals surface area contributed by atoms with Crippen molar-refractivity contribution >= 4 is 27.0 Å². The van der Waals surface area contributed by atoms with Crippen molar-refractivity contribution in [3.8, 4) is 22.3 Å². The molecular weight excluding hydrogens is 815 g/mol. The molecule has 0 N–H and O–H groups in total. The van der Waals surface area contributed by atoms with E-state index in [2.05, 4.69) is 164 Å². The maximum atomic E-state index is 2.48. The van der Waals surface area contributed by atoms with Crippen LogP contribution in [0.15, 0.2) is 109 Å². The molecule has 10 rings (SSSR count). The molecule has 4 saturated carbocycles. The molecule has 0 radical (unpaired) electrons. The Kier molecular flexibility index (Phi) is 15.1. The van der Waals surface area contributed by atoms with E-state index in [-0.39, 0.29) is 35.7 Å². The Labute approximate surface area is 366 Å². The molecule has 0 saturated heterocycles. The molecule has 294 valence electrons. The average molecular weight is 877 g/mol. The quantitative estimate of drug-likeness (QED) is 0.116. The van der Waals surface area contributed by atoms with Gasteiger partial charge in [-0.2, -0.15) is 12.1 Å². The second-order valence-electron chi connectivity index (χ2n) is 18.5. The van der Waals surface area contributed by atoms with Crippen molar-refractivity contribution in [2.45, 2.75) is 123 Å². The van der Waals surface area contributed by atoms with Gasteiger partial charge < -0.3 is 24.8 Å². The van der Waals surface area contributed by atoms with Gasteiger partial charge in [-0.15, -0.1) is 69.1 Å². The second kappa shape index (κ2) is 18.8. The minimum Gasteiger partial charge on any atom is -1.00 e. The molecule has 6 aromatic rings. The van der Waals surface area contributed by atoms with Crippen LogP contribution < -0.4 is 24.8 Å². The van der Waals surface area contributed by atoms with Crippen LogP contribution in [0.2, 0.25) is 13.1 Å². The molecule has 1 unspecified atom stereocenters. The van der Waals surface area contributed by atoms with E-state index in [1.165, 1.54) is 105 Å². The summed E-state index contributed by atoms with van der Waals surface area (Å²) in [4.78, 5) is 0. The van der Waals surface area contributed by atoms with E-state index in [0.717, 1.165) is 24.2 Å². The number of halogens is 2. The molecule has 0 aromatic heterocycles. The van der Waals surface area contributed by atoms with Crippen molar-refractivity contribution < 1.29 is 48.1 Å². The zero-order chi connectivity index (χ0) is 38.2. The van der Waals surface area contributed by atoms with E-state index in [1.807, 2.05) is 0 Å². The summed E-state index contributed by atoms with van der Waals surface area (Å²) >= 11 is 1.74. The summed E-state index contributed by atoms with van der Waals surface area (Å²) in [6.45, 7) is 18.2. The summed E-state index contributed by atoms with van der Waals surface area (Å²) in [7, 11) is 0. The van der Waals surface area contributed by atoms with Crippen molar-refractivity contribution in [2.24, 2.45) is 17.8 Å². The predicted molar refractivity (Wildman–Crippen MR) is 234 cm³/mol. The summed E-state index contributed by atoms with van der Waals surface area (Å²) < 4.78 is 0. The van der Waals surface area contributed by atoms with E-state index in [1.54, 1.807) is 28.9 Å². The number of hydrogen-bond donors (Lipinski definition) is 0. The van der Waals surface area contributed by atoms with Crippen LogP contribution in [0.4, 0.5) is 0 Å². The average Bonchev–Trinajstić information content (AvgIpc) is 3.79. The molecule has 56 heavy (non-hydrogen) atoms. The van der Waals surface area contributed by atoms with E-state index >= 15 is 0 Å². The fourth-order valence-electron chi connectivity index (χ4n) is 10.4. The third kappa shape index (κ3) is 9.79. The van der Waals surface area contributed by atoms with Crippen LogP contribution in [-0.4, -0.2) is 5.43 Å². The Bertz CT molecular complexity index is 2170. The molecule has 0 amide bonds. The van der Waals surface area contributed by atoms with Gasteiger partial charge in [-0.3, -0.25) is 0 Å². The van der Waals surface area contributed by atoms with Gasteiger partial charge in [0.1, 0.15) is 0 Å². The van der Waals surface area contributed by atoms with E-state index in [0.29, 0.717) is 11.3 Å². The molecule has 4 fully saturated rings. The molecule has 0 aliphatic heterocycles. The third-order valence-electron chi connectivity index (χ3n) is 13.1. The van der Waals surface area contributed by atoms with Gasteiger partial charge in [-0.05, 0) is 102 Å². The molecule has 0 heterocycles. The summed E-state index contributed by atoms with van der Waals surface area (Å²) in [6, 6.07) is 41.7. The first-order valence-corrected chi connectivity index (χ1v) is 27.2. The molecule has 0 nitrogen and oxygen atoms in total. The zero-order valence-electron chi connectivity index (χ0n) is 35.1. The van der Waals surface area contributed by atoms with Gasteiger partial charge in [0.2, 0.25) is 0 Å². The fourth-order valence-corrected chi connectivity index (χ4v) is 10.4. The van der Waals surface area contributed by atoms with Gasteiger partial charge in [0, 0.05) is 0 Å². The maximum absolute atomic E-state index is 2.48. The second-order valence-corrected chi connectivity index (χ2v) is 27.9. The van der Waals surface area contributed by atoms with E-state index < -0.39 is 0 Å². The molecule has 4 bridgehead atoms. The van der Waals surface area contributed by atoms with Crippen LogP contribution in [0.25, 0.3) is 43.8 Å². The first kappa shape index (κ1) is 44.9. The van der Waals surface area contributed by atoms with Crippen molar-refractivity contribution in [3.05, 3.63) is 131 Å². The summed E-state index contributed by atoms with van der Waals surface area (Å²) in [6.07, 6.45) is 11.2. The predicted octanol–water partition coefficient (Wildman–Crippen LogP) is 9.08. The minimum absolute atomic E-state index is 0. The minimum atomic E-state index is 0. The van der Waals surface area contributed by atoms with Gasteiger partial charge in [0.25, 0.3) is 0 Å². The molecule has 6 aromatic carbocycles. The summed E-state index contributed by atoms with van der Waals surface area (Å²) in [5, 5.41) is 5.54. The van der Waals surface area contributed by atoms with Crippen LogP contribution in [0, 0.1) is 17.8 Å². The summed E-state index contributed by atoms with van der Waals surface area (Å²) in [5.41, 5.74) is 12.3. The molecular formula is C52H62Cl2SiZr-2. The van der Waals surface area contributed by atoms with E-state index in [9.17, 15) is 0 Å². The van der Waals surface area contributed by atoms with Gasteiger partial charge in [-0.25, -0.2) is 0 Å². The van der Waals surface area contributed by atoms with Gasteiger partial charge >= 0.3 is 41.9 Å². The first-order valence-electron chi connectivity index (χ1n) is 21.0. The Morgan fingerprint density at radius 2 is 1.16 bits per heavy atom. The van der Waals surface area contributed by atoms with Crippen LogP contribution in [0.1, 0.15) is 115 Å². The number of fused-ring (bicyclic) bond motifs is 2. The van der Waals surface area contributed by atoms with Crippen LogP contribution in [0.3, 0.4) is 0 Å². The molecule has 4 aliphatic carbocycles. The van der Waals surface area contributed by atoms with Gasteiger partial charge in [0.05, 0.1) is 0 Å². The van der Waals surface area contributed by atoms with Crippen molar-refractivity contribution in [1.82, 2.24) is 0 Å². The Morgan fingerprint density at radius 1 is 0.696 bits per heavy atom. The number of aryl methyl sites for hydroxylation is 1. The van der Waals surface area contributed by atoms with Crippen LogP contribution in [-0.2, 0) is 40.6 Å². The normalized spacial score (nSPS) is 21.3. The Balaban J connectivity index is 0.000000192. The van der Waals surface area contributed by atoms with E-state index in [4.69, 9.17) is 0 Å². The molecule has 0 spiro atoms. The Morgan fingerprint density at radius 3 is 1.62 bits per heavy atom. The van der Waals surface area contributed by atoms with Crippen molar-refractivity contribution in [2.75, 3.05) is 0 Å².